The van der Waals surface area contributed by atoms with Crippen LogP contribution in [0, 0.1) is 17.8 Å². The quantitative estimate of drug-likeness (QED) is 0.336. The summed E-state index contributed by atoms with van der Waals surface area (Å²) < 4.78 is 24.4. The average Bonchev–Trinajstić information content (AvgIpc) is 3.65. The molecule has 2 aliphatic carbocycles. The topological polar surface area (TPSA) is 60.6 Å². The summed E-state index contributed by atoms with van der Waals surface area (Å²) in [6.45, 7) is 9.43. The number of rotatable bonds is 7. The molecule has 1 spiro atoms. The Balaban J connectivity index is 1.43. The Morgan fingerprint density at radius 3 is 2.43 bits per heavy atom. The van der Waals surface area contributed by atoms with Crippen LogP contribution in [0.4, 0.5) is 0 Å². The largest absolute Gasteiger partial charge is 0.459 e. The molecule has 0 unspecified atom stereocenters. The number of allylic oxidation sites excluding steroid dienone is 1. The van der Waals surface area contributed by atoms with Gasteiger partial charge in [0, 0.05) is 7.11 Å². The first kappa shape index (κ1) is 22.3. The highest BCUT2D eigenvalue weighted by Crippen LogP contribution is 2.59. The van der Waals surface area contributed by atoms with Gasteiger partial charge in [0.05, 0.1) is 24.5 Å². The molecule has 6 atom stereocenters. The van der Waals surface area contributed by atoms with E-state index in [1.165, 1.54) is 12.0 Å². The lowest BCUT2D eigenvalue weighted by Gasteiger charge is -2.43. The van der Waals surface area contributed by atoms with E-state index in [4.69, 9.17) is 18.9 Å². The van der Waals surface area contributed by atoms with Crippen molar-refractivity contribution in [3.63, 3.8) is 0 Å². The van der Waals surface area contributed by atoms with Gasteiger partial charge in [0.25, 0.3) is 0 Å². The number of epoxide rings is 2. The van der Waals surface area contributed by atoms with Crippen molar-refractivity contribution < 1.29 is 23.7 Å². The van der Waals surface area contributed by atoms with Gasteiger partial charge < -0.3 is 18.9 Å². The Morgan fingerprint density at radius 1 is 1.17 bits per heavy atom. The number of ether oxygens (including phenoxy) is 4. The molecular weight excluding hydrogens is 380 g/mol. The SMILES string of the molecule is CCC1CCC(C(=O)O[C@@H]2CC[C@]3(CO3)[C@@H]([C@]3(C)O[C@@H]3CC=C(C)C)[C@@H]2OC)CC1. The molecule has 4 rings (SSSR count). The smallest absolute Gasteiger partial charge is 0.309 e. The van der Waals surface area contributed by atoms with Crippen molar-refractivity contribution in [1.82, 2.24) is 0 Å². The van der Waals surface area contributed by atoms with E-state index in [1.54, 1.807) is 7.11 Å². The van der Waals surface area contributed by atoms with Crippen LogP contribution in [0.1, 0.15) is 79.1 Å². The van der Waals surface area contributed by atoms with Crippen LogP contribution < -0.4 is 0 Å². The minimum absolute atomic E-state index is 0.0222. The molecule has 0 aromatic rings. The summed E-state index contributed by atoms with van der Waals surface area (Å²) in [4.78, 5) is 13.0. The van der Waals surface area contributed by atoms with Crippen molar-refractivity contribution >= 4 is 5.97 Å². The molecule has 2 aliphatic heterocycles. The Labute approximate surface area is 181 Å². The van der Waals surface area contributed by atoms with Crippen LogP contribution >= 0.6 is 0 Å². The van der Waals surface area contributed by atoms with Crippen LogP contribution in [0.2, 0.25) is 0 Å². The molecule has 5 heteroatoms. The summed E-state index contributed by atoms with van der Waals surface area (Å²) in [6.07, 6.45) is 10.1. The van der Waals surface area contributed by atoms with E-state index < -0.39 is 0 Å². The fraction of sp³-hybridized carbons (Fsp3) is 0.880. The zero-order chi connectivity index (χ0) is 21.5. The zero-order valence-electron chi connectivity index (χ0n) is 19.4. The van der Waals surface area contributed by atoms with E-state index >= 15 is 0 Å². The minimum Gasteiger partial charge on any atom is -0.459 e. The van der Waals surface area contributed by atoms with E-state index in [9.17, 15) is 4.79 Å². The Hall–Kier alpha value is -0.910. The number of hydrogen-bond donors (Lipinski definition) is 0. The van der Waals surface area contributed by atoms with Gasteiger partial charge in [0.1, 0.15) is 23.4 Å². The highest BCUT2D eigenvalue weighted by molar-refractivity contribution is 5.72. The first-order valence-corrected chi connectivity index (χ1v) is 12.0. The lowest BCUT2D eigenvalue weighted by molar-refractivity contribution is -0.177. The van der Waals surface area contributed by atoms with Gasteiger partial charge in [-0.25, -0.2) is 0 Å². The van der Waals surface area contributed by atoms with Gasteiger partial charge in [-0.15, -0.1) is 0 Å². The predicted octanol–water partition coefficient (Wildman–Crippen LogP) is 4.82. The predicted molar refractivity (Wildman–Crippen MR) is 115 cm³/mol. The van der Waals surface area contributed by atoms with Crippen molar-refractivity contribution in [3.8, 4) is 0 Å². The maximum atomic E-state index is 13.0. The number of methoxy groups -OCH3 is 1. The molecule has 0 aromatic heterocycles. The van der Waals surface area contributed by atoms with Crippen LogP contribution in [0.15, 0.2) is 11.6 Å². The number of hydrogen-bond acceptors (Lipinski definition) is 5. The molecule has 0 bridgehead atoms. The fourth-order valence-electron chi connectivity index (χ4n) is 6.12. The van der Waals surface area contributed by atoms with Crippen molar-refractivity contribution in [2.75, 3.05) is 13.7 Å². The summed E-state index contributed by atoms with van der Waals surface area (Å²) in [5.74, 6) is 0.894. The van der Waals surface area contributed by atoms with E-state index in [0.717, 1.165) is 57.5 Å². The molecule has 30 heavy (non-hydrogen) atoms. The van der Waals surface area contributed by atoms with Crippen molar-refractivity contribution in [2.45, 2.75) is 109 Å². The Kier molecular flexibility index (Phi) is 6.36. The van der Waals surface area contributed by atoms with E-state index in [2.05, 4.69) is 33.8 Å². The van der Waals surface area contributed by atoms with E-state index in [1.807, 2.05) is 0 Å². The van der Waals surface area contributed by atoms with Crippen LogP contribution in [0.25, 0.3) is 0 Å². The maximum Gasteiger partial charge on any atom is 0.309 e. The first-order chi connectivity index (χ1) is 14.3. The summed E-state index contributed by atoms with van der Waals surface area (Å²) in [5.41, 5.74) is 0.853. The molecule has 4 fully saturated rings. The van der Waals surface area contributed by atoms with Crippen molar-refractivity contribution in [2.24, 2.45) is 17.8 Å². The van der Waals surface area contributed by atoms with E-state index in [-0.39, 0.29) is 47.3 Å². The zero-order valence-corrected chi connectivity index (χ0v) is 19.4. The van der Waals surface area contributed by atoms with Gasteiger partial charge in [-0.1, -0.05) is 25.0 Å². The summed E-state index contributed by atoms with van der Waals surface area (Å²) in [6, 6.07) is 0. The average molecular weight is 421 g/mol. The third-order valence-corrected chi connectivity index (χ3v) is 8.26. The highest BCUT2D eigenvalue weighted by atomic mass is 16.6. The standard InChI is InChI=1S/C25H40O5/c1-6-17-8-10-18(11-9-17)23(26)29-19-13-14-25(15-28-25)22(21(19)27-5)24(4)20(30-24)12-7-16(2)3/h7,17-22H,6,8-15H2,1-5H3/t17?,18?,19-,20-,21-,22-,24-,25+/m1/s1. The van der Waals surface area contributed by atoms with Crippen molar-refractivity contribution in [1.29, 1.82) is 0 Å². The molecule has 0 N–H and O–H groups in total. The van der Waals surface area contributed by atoms with E-state index in [0.29, 0.717) is 0 Å². The lowest BCUT2D eigenvalue weighted by Crippen LogP contribution is -2.55. The fourth-order valence-corrected chi connectivity index (χ4v) is 6.12. The van der Waals surface area contributed by atoms with Crippen LogP contribution in [-0.4, -0.2) is 49.2 Å². The molecule has 4 aliphatic rings. The normalized spacial score (nSPS) is 45.1. The maximum absolute atomic E-state index is 13.0. The third-order valence-electron chi connectivity index (χ3n) is 8.26. The van der Waals surface area contributed by atoms with Gasteiger partial charge in [-0.3, -0.25) is 4.79 Å². The number of carbonyl (C=O) groups excluding carboxylic acids is 1. The molecule has 2 heterocycles. The number of carbonyl (C=O) groups is 1. The van der Waals surface area contributed by atoms with Gasteiger partial charge >= 0.3 is 5.97 Å². The first-order valence-electron chi connectivity index (χ1n) is 12.0. The Bertz CT molecular complexity index is 656. The molecule has 2 saturated carbocycles. The second kappa shape index (κ2) is 8.55. The van der Waals surface area contributed by atoms with Crippen molar-refractivity contribution in [3.05, 3.63) is 11.6 Å². The summed E-state index contributed by atoms with van der Waals surface area (Å²) >= 11 is 0. The van der Waals surface area contributed by atoms with Gasteiger partial charge in [-0.2, -0.15) is 0 Å². The van der Waals surface area contributed by atoms with Crippen LogP contribution in [0.3, 0.4) is 0 Å². The monoisotopic (exact) mass is 420 g/mol. The Morgan fingerprint density at radius 2 is 1.87 bits per heavy atom. The highest BCUT2D eigenvalue weighted by Gasteiger charge is 2.72. The van der Waals surface area contributed by atoms with Gasteiger partial charge in [-0.05, 0) is 71.6 Å². The molecule has 0 radical (unpaired) electrons. The third kappa shape index (κ3) is 4.22. The molecule has 0 aromatic carbocycles. The van der Waals surface area contributed by atoms with Gasteiger partial charge in [0.15, 0.2) is 0 Å². The molecule has 5 nitrogen and oxygen atoms in total. The van der Waals surface area contributed by atoms with Crippen LogP contribution in [0.5, 0.6) is 0 Å². The minimum atomic E-state index is -0.284. The molecule has 0 amide bonds. The summed E-state index contributed by atoms with van der Waals surface area (Å²) in [7, 11) is 1.74. The summed E-state index contributed by atoms with van der Waals surface area (Å²) in [5, 5.41) is 0. The second-order valence-corrected chi connectivity index (χ2v) is 10.5. The molecule has 170 valence electrons. The number of esters is 1. The molecular formula is C25H40O5. The second-order valence-electron chi connectivity index (χ2n) is 10.5. The van der Waals surface area contributed by atoms with Crippen LogP contribution in [-0.2, 0) is 23.7 Å². The lowest BCUT2D eigenvalue weighted by atomic mass is 9.68. The molecule has 2 saturated heterocycles. The van der Waals surface area contributed by atoms with Gasteiger partial charge in [0.2, 0.25) is 0 Å².